The van der Waals surface area contributed by atoms with Crippen molar-refractivity contribution in [1.29, 1.82) is 0 Å². The predicted octanol–water partition coefficient (Wildman–Crippen LogP) is 0.434. The van der Waals surface area contributed by atoms with Crippen molar-refractivity contribution in [2.24, 2.45) is 5.92 Å². The minimum Gasteiger partial charge on any atom is -0.390 e. The van der Waals surface area contributed by atoms with Gasteiger partial charge in [0.1, 0.15) is 0 Å². The van der Waals surface area contributed by atoms with Gasteiger partial charge in [-0.25, -0.2) is 8.78 Å². The summed E-state index contributed by atoms with van der Waals surface area (Å²) in [4.78, 5) is -0.0666. The first-order chi connectivity index (χ1) is 10.1. The summed E-state index contributed by atoms with van der Waals surface area (Å²) in [5.41, 5.74) is 0.956. The van der Waals surface area contributed by atoms with Crippen LogP contribution in [0, 0.1) is 12.8 Å². The standard InChI is InChI=1S/C7H8O3S.C6H11F2NO2/c1-6-2-4-7(5-3-6)11(8,9)10;7-6(8)3-1-9-2-4(10)5(3)11/h2-5H,1H3,(H,8,9,10);3-6,9-11H,1-2H2/t;3-,4+,5+/m.0/s1. The molecule has 1 heterocycles. The van der Waals surface area contributed by atoms with Gasteiger partial charge in [-0.15, -0.1) is 0 Å². The highest BCUT2D eigenvalue weighted by Gasteiger charge is 2.36. The van der Waals surface area contributed by atoms with Crippen LogP contribution in [0.4, 0.5) is 8.78 Å². The highest BCUT2D eigenvalue weighted by Crippen LogP contribution is 2.18. The molecule has 0 amide bonds. The van der Waals surface area contributed by atoms with E-state index >= 15 is 0 Å². The van der Waals surface area contributed by atoms with Crippen LogP contribution in [0.15, 0.2) is 29.2 Å². The molecular formula is C13H19F2NO5S. The monoisotopic (exact) mass is 339 g/mol. The summed E-state index contributed by atoms with van der Waals surface area (Å²) >= 11 is 0. The van der Waals surface area contributed by atoms with Crippen LogP contribution in [0.5, 0.6) is 0 Å². The van der Waals surface area contributed by atoms with Crippen LogP contribution in [0.25, 0.3) is 0 Å². The smallest absolute Gasteiger partial charge is 0.294 e. The van der Waals surface area contributed by atoms with E-state index in [4.69, 9.17) is 14.8 Å². The van der Waals surface area contributed by atoms with E-state index in [-0.39, 0.29) is 18.0 Å². The lowest BCUT2D eigenvalue weighted by Gasteiger charge is -2.31. The third-order valence-electron chi connectivity index (χ3n) is 3.21. The lowest BCUT2D eigenvalue weighted by Crippen LogP contribution is -2.52. The SMILES string of the molecule is Cc1ccc(S(=O)(=O)O)cc1.O[C@H]1[C@H](O)CNC[C@@H]1C(F)F. The number of alkyl halides is 2. The summed E-state index contributed by atoms with van der Waals surface area (Å²) in [5.74, 6) is -1.14. The summed E-state index contributed by atoms with van der Waals surface area (Å²) in [6.45, 7) is 2.09. The molecule has 1 aromatic carbocycles. The van der Waals surface area contributed by atoms with E-state index in [9.17, 15) is 17.2 Å². The fourth-order valence-electron chi connectivity index (χ4n) is 1.87. The summed E-state index contributed by atoms with van der Waals surface area (Å²) in [6, 6.07) is 5.99. The molecule has 1 saturated heterocycles. The molecule has 6 nitrogen and oxygen atoms in total. The predicted molar refractivity (Wildman–Crippen MR) is 75.4 cm³/mol. The molecule has 1 aromatic rings. The fraction of sp³-hybridized carbons (Fsp3) is 0.538. The summed E-state index contributed by atoms with van der Waals surface area (Å²) in [7, 11) is -4.02. The van der Waals surface area contributed by atoms with Crippen molar-refractivity contribution < 1.29 is 32.0 Å². The summed E-state index contributed by atoms with van der Waals surface area (Å²) in [5, 5.41) is 20.6. The van der Waals surface area contributed by atoms with E-state index < -0.39 is 34.7 Å². The van der Waals surface area contributed by atoms with Gasteiger partial charge in [0, 0.05) is 13.1 Å². The van der Waals surface area contributed by atoms with Crippen molar-refractivity contribution in [2.75, 3.05) is 13.1 Å². The molecule has 0 aromatic heterocycles. The Labute approximate surface area is 127 Å². The molecule has 1 aliphatic rings. The number of aliphatic hydroxyl groups excluding tert-OH is 2. The Morgan fingerprint density at radius 1 is 1.18 bits per heavy atom. The first kappa shape index (κ1) is 18.9. The molecule has 0 saturated carbocycles. The van der Waals surface area contributed by atoms with Crippen LogP contribution in [0.2, 0.25) is 0 Å². The van der Waals surface area contributed by atoms with Crippen molar-refractivity contribution in [3.8, 4) is 0 Å². The molecule has 22 heavy (non-hydrogen) atoms. The summed E-state index contributed by atoms with van der Waals surface area (Å²) < 4.78 is 53.6. The number of piperidine rings is 1. The van der Waals surface area contributed by atoms with E-state index in [0.717, 1.165) is 5.56 Å². The molecule has 0 bridgehead atoms. The highest BCUT2D eigenvalue weighted by atomic mass is 32.2. The van der Waals surface area contributed by atoms with E-state index in [0.29, 0.717) is 0 Å². The second kappa shape index (κ2) is 7.93. The number of aliphatic hydroxyl groups is 2. The Kier molecular flexibility index (Phi) is 6.82. The van der Waals surface area contributed by atoms with Crippen molar-refractivity contribution >= 4 is 10.1 Å². The van der Waals surface area contributed by atoms with Gasteiger partial charge in [0.15, 0.2) is 0 Å². The number of benzene rings is 1. The van der Waals surface area contributed by atoms with Gasteiger partial charge < -0.3 is 15.5 Å². The third-order valence-corrected chi connectivity index (χ3v) is 4.08. The molecular weight excluding hydrogens is 320 g/mol. The number of aryl methyl sites for hydroxylation is 1. The third kappa shape index (κ3) is 5.58. The van der Waals surface area contributed by atoms with Gasteiger partial charge >= 0.3 is 0 Å². The molecule has 0 aliphatic carbocycles. The molecule has 3 atom stereocenters. The Morgan fingerprint density at radius 2 is 1.73 bits per heavy atom. The van der Waals surface area contributed by atoms with Gasteiger partial charge in [0.05, 0.1) is 23.0 Å². The van der Waals surface area contributed by atoms with Gasteiger partial charge in [-0.05, 0) is 19.1 Å². The first-order valence-electron chi connectivity index (χ1n) is 6.52. The van der Waals surface area contributed by atoms with Crippen LogP contribution in [0.3, 0.4) is 0 Å². The number of halogens is 2. The molecule has 2 rings (SSSR count). The Morgan fingerprint density at radius 3 is 2.14 bits per heavy atom. The number of hydrogen-bond donors (Lipinski definition) is 4. The lowest BCUT2D eigenvalue weighted by molar-refractivity contribution is -0.0841. The molecule has 0 radical (unpaired) electrons. The molecule has 1 fully saturated rings. The largest absolute Gasteiger partial charge is 0.390 e. The number of rotatable bonds is 2. The number of β-amino-alcohol motifs (C(OH)–C–C–N with tert-alkyl or cyclic N) is 1. The van der Waals surface area contributed by atoms with Gasteiger partial charge in [-0.2, -0.15) is 8.42 Å². The average Bonchev–Trinajstić information content (AvgIpc) is 2.41. The van der Waals surface area contributed by atoms with Crippen LogP contribution >= 0.6 is 0 Å². The average molecular weight is 339 g/mol. The molecule has 4 N–H and O–H groups in total. The van der Waals surface area contributed by atoms with Crippen LogP contribution in [0.1, 0.15) is 5.56 Å². The maximum Gasteiger partial charge on any atom is 0.294 e. The van der Waals surface area contributed by atoms with Gasteiger partial charge in [-0.1, -0.05) is 17.7 Å². The Hall–Kier alpha value is -1.13. The number of hydrogen-bond acceptors (Lipinski definition) is 5. The zero-order valence-corrected chi connectivity index (χ0v) is 12.7. The Balaban J connectivity index is 0.000000220. The maximum absolute atomic E-state index is 12.0. The van der Waals surface area contributed by atoms with Crippen LogP contribution < -0.4 is 5.32 Å². The number of nitrogens with one attached hydrogen (secondary N) is 1. The van der Waals surface area contributed by atoms with Crippen molar-refractivity contribution in [2.45, 2.75) is 30.5 Å². The van der Waals surface area contributed by atoms with Crippen LogP contribution in [-0.2, 0) is 10.1 Å². The van der Waals surface area contributed by atoms with Crippen molar-refractivity contribution in [3.05, 3.63) is 29.8 Å². The summed E-state index contributed by atoms with van der Waals surface area (Å²) in [6.07, 6.45) is -4.94. The van der Waals surface area contributed by atoms with E-state index in [1.807, 2.05) is 6.92 Å². The van der Waals surface area contributed by atoms with E-state index in [1.54, 1.807) is 12.1 Å². The molecule has 0 spiro atoms. The van der Waals surface area contributed by atoms with E-state index in [1.165, 1.54) is 12.1 Å². The minimum atomic E-state index is -4.02. The van der Waals surface area contributed by atoms with Gasteiger partial charge in [0.2, 0.25) is 6.43 Å². The second-order valence-electron chi connectivity index (χ2n) is 5.00. The quantitative estimate of drug-likeness (QED) is 0.582. The van der Waals surface area contributed by atoms with Crippen molar-refractivity contribution in [1.82, 2.24) is 5.32 Å². The highest BCUT2D eigenvalue weighted by molar-refractivity contribution is 7.85. The normalized spacial score (nSPS) is 25.5. The Bertz CT molecular complexity index is 564. The van der Waals surface area contributed by atoms with Gasteiger partial charge in [-0.3, -0.25) is 4.55 Å². The molecule has 126 valence electrons. The zero-order valence-electron chi connectivity index (χ0n) is 11.9. The molecule has 0 unspecified atom stereocenters. The molecule has 9 heteroatoms. The minimum absolute atomic E-state index is 0.0654. The lowest BCUT2D eigenvalue weighted by atomic mass is 9.94. The fourth-order valence-corrected chi connectivity index (χ4v) is 2.35. The molecule has 1 aliphatic heterocycles. The topological polar surface area (TPSA) is 107 Å². The van der Waals surface area contributed by atoms with Gasteiger partial charge in [0.25, 0.3) is 10.1 Å². The second-order valence-corrected chi connectivity index (χ2v) is 6.42. The van der Waals surface area contributed by atoms with Crippen molar-refractivity contribution in [3.63, 3.8) is 0 Å². The maximum atomic E-state index is 12.0. The zero-order chi connectivity index (χ0) is 16.9. The first-order valence-corrected chi connectivity index (χ1v) is 7.96. The van der Waals surface area contributed by atoms with E-state index in [2.05, 4.69) is 5.32 Å². The van der Waals surface area contributed by atoms with Crippen LogP contribution in [-0.4, -0.2) is 54.9 Å².